The van der Waals surface area contributed by atoms with Crippen LogP contribution in [0.1, 0.15) is 29.5 Å². The van der Waals surface area contributed by atoms with Gasteiger partial charge in [-0.3, -0.25) is 19.9 Å². The molecule has 0 aliphatic rings. The van der Waals surface area contributed by atoms with E-state index < -0.39 is 4.92 Å². The summed E-state index contributed by atoms with van der Waals surface area (Å²) in [6.07, 6.45) is 3.30. The first-order valence-corrected chi connectivity index (χ1v) is 10.5. The van der Waals surface area contributed by atoms with Crippen molar-refractivity contribution < 1.29 is 9.72 Å². The van der Waals surface area contributed by atoms with Gasteiger partial charge >= 0.3 is 0 Å². The Hall–Kier alpha value is -4.00. The summed E-state index contributed by atoms with van der Waals surface area (Å²) in [5.74, 6) is -0.237. The van der Waals surface area contributed by atoms with Crippen LogP contribution in [0.15, 0.2) is 60.8 Å². The standard InChI is InChI=1S/C25H24N4O3/c1-16-14-17(2)24(22(15-16)29(31)32)28-23(30)12-7-9-19-18-8-3-4-10-20(18)27-25(19)21-11-5-6-13-26-21/h3-6,8,10-11,13-15,27H,7,9,12H2,1-2H3,(H,28,30). The summed E-state index contributed by atoms with van der Waals surface area (Å²) in [6, 6.07) is 17.2. The number of hydrogen-bond acceptors (Lipinski definition) is 4. The van der Waals surface area contributed by atoms with Gasteiger partial charge in [0.15, 0.2) is 0 Å². The smallest absolute Gasteiger partial charge is 0.293 e. The zero-order valence-corrected chi connectivity index (χ0v) is 18.0. The molecule has 4 rings (SSSR count). The largest absolute Gasteiger partial charge is 0.353 e. The Balaban J connectivity index is 1.51. The molecule has 7 heteroatoms. The van der Waals surface area contributed by atoms with Crippen LogP contribution in [0.2, 0.25) is 0 Å². The van der Waals surface area contributed by atoms with Crippen molar-refractivity contribution in [3.05, 3.63) is 87.6 Å². The number of pyridine rings is 1. The number of para-hydroxylation sites is 1. The average Bonchev–Trinajstić information content (AvgIpc) is 3.14. The fourth-order valence-corrected chi connectivity index (χ4v) is 4.07. The molecule has 0 radical (unpaired) electrons. The number of anilines is 1. The van der Waals surface area contributed by atoms with Crippen LogP contribution >= 0.6 is 0 Å². The van der Waals surface area contributed by atoms with Gasteiger partial charge in [0.2, 0.25) is 5.91 Å². The monoisotopic (exact) mass is 428 g/mol. The summed E-state index contributed by atoms with van der Waals surface area (Å²) in [6.45, 7) is 3.56. The van der Waals surface area contributed by atoms with Crippen LogP contribution in [0.25, 0.3) is 22.3 Å². The lowest BCUT2D eigenvalue weighted by atomic mass is 10.0. The zero-order chi connectivity index (χ0) is 22.7. The Morgan fingerprint density at radius 3 is 2.66 bits per heavy atom. The topological polar surface area (TPSA) is 101 Å². The number of aromatic nitrogens is 2. The molecule has 32 heavy (non-hydrogen) atoms. The number of carbonyl (C=O) groups is 1. The van der Waals surface area contributed by atoms with Crippen molar-refractivity contribution in [3.8, 4) is 11.4 Å². The molecule has 162 valence electrons. The summed E-state index contributed by atoms with van der Waals surface area (Å²) in [4.78, 5) is 31.5. The third-order valence-electron chi connectivity index (χ3n) is 5.49. The van der Waals surface area contributed by atoms with Gasteiger partial charge in [-0.05, 0) is 61.6 Å². The van der Waals surface area contributed by atoms with Crippen LogP contribution in [-0.2, 0) is 11.2 Å². The molecule has 0 atom stereocenters. The minimum Gasteiger partial charge on any atom is -0.353 e. The first-order valence-electron chi connectivity index (χ1n) is 10.5. The summed E-state index contributed by atoms with van der Waals surface area (Å²) in [7, 11) is 0. The van der Waals surface area contributed by atoms with Crippen LogP contribution in [-0.4, -0.2) is 20.8 Å². The van der Waals surface area contributed by atoms with E-state index >= 15 is 0 Å². The van der Waals surface area contributed by atoms with Gasteiger partial charge in [-0.2, -0.15) is 0 Å². The first kappa shape index (κ1) is 21.2. The molecule has 2 heterocycles. The quantitative estimate of drug-likeness (QED) is 0.290. The van der Waals surface area contributed by atoms with E-state index in [1.54, 1.807) is 20.0 Å². The zero-order valence-electron chi connectivity index (χ0n) is 18.0. The maximum Gasteiger partial charge on any atom is 0.293 e. The van der Waals surface area contributed by atoms with Crippen molar-refractivity contribution in [3.63, 3.8) is 0 Å². The first-order chi connectivity index (χ1) is 15.4. The minimum absolute atomic E-state index is 0.0788. The molecule has 4 aromatic rings. The van der Waals surface area contributed by atoms with Crippen LogP contribution in [0.5, 0.6) is 0 Å². The second-order valence-corrected chi connectivity index (χ2v) is 7.87. The fourth-order valence-electron chi connectivity index (χ4n) is 4.07. The van der Waals surface area contributed by atoms with Crippen LogP contribution in [0, 0.1) is 24.0 Å². The normalized spacial score (nSPS) is 10.9. The molecular weight excluding hydrogens is 404 g/mol. The number of aromatic amines is 1. The molecule has 0 saturated heterocycles. The highest BCUT2D eigenvalue weighted by Crippen LogP contribution is 2.32. The number of nitro benzene ring substituents is 1. The SMILES string of the molecule is Cc1cc(C)c(NC(=O)CCCc2c(-c3ccccn3)[nH]c3ccccc23)c([N+](=O)[O-])c1. The van der Waals surface area contributed by atoms with Crippen molar-refractivity contribution in [1.29, 1.82) is 0 Å². The maximum atomic E-state index is 12.6. The van der Waals surface area contributed by atoms with Crippen molar-refractivity contribution in [1.82, 2.24) is 9.97 Å². The van der Waals surface area contributed by atoms with E-state index in [9.17, 15) is 14.9 Å². The van der Waals surface area contributed by atoms with E-state index in [4.69, 9.17) is 0 Å². The fraction of sp³-hybridized carbons (Fsp3) is 0.200. The summed E-state index contributed by atoms with van der Waals surface area (Å²) in [5, 5.41) is 15.3. The van der Waals surface area contributed by atoms with Gasteiger partial charge in [0, 0.05) is 29.6 Å². The highest BCUT2D eigenvalue weighted by Gasteiger charge is 2.19. The summed E-state index contributed by atoms with van der Waals surface area (Å²) >= 11 is 0. The predicted octanol–water partition coefficient (Wildman–Crippen LogP) is 5.72. The maximum absolute atomic E-state index is 12.6. The molecule has 7 nitrogen and oxygen atoms in total. The van der Waals surface area contributed by atoms with Gasteiger partial charge in [-0.15, -0.1) is 0 Å². The van der Waals surface area contributed by atoms with Gasteiger partial charge in [-0.1, -0.05) is 30.3 Å². The molecule has 0 fully saturated rings. The lowest BCUT2D eigenvalue weighted by Gasteiger charge is -2.10. The van der Waals surface area contributed by atoms with Gasteiger partial charge in [-0.25, -0.2) is 0 Å². The molecule has 2 N–H and O–H groups in total. The van der Waals surface area contributed by atoms with E-state index in [-0.39, 0.29) is 23.7 Å². The Morgan fingerprint density at radius 2 is 1.91 bits per heavy atom. The van der Waals surface area contributed by atoms with Gasteiger partial charge < -0.3 is 10.3 Å². The number of fused-ring (bicyclic) bond motifs is 1. The number of benzene rings is 2. The van der Waals surface area contributed by atoms with Crippen molar-refractivity contribution in [2.24, 2.45) is 0 Å². The number of hydrogen-bond donors (Lipinski definition) is 2. The van der Waals surface area contributed by atoms with Gasteiger partial charge in [0.05, 0.1) is 16.3 Å². The molecule has 0 aliphatic heterocycles. The average molecular weight is 428 g/mol. The summed E-state index contributed by atoms with van der Waals surface area (Å²) in [5.41, 5.74) is 5.61. The van der Waals surface area contributed by atoms with Crippen LogP contribution in [0.3, 0.4) is 0 Å². The molecule has 0 bridgehead atoms. The molecule has 0 aliphatic carbocycles. The number of nitrogens with one attached hydrogen (secondary N) is 2. The number of aryl methyl sites for hydroxylation is 3. The number of amides is 1. The molecule has 2 aromatic heterocycles. The van der Waals surface area contributed by atoms with E-state index in [0.29, 0.717) is 18.4 Å². The van der Waals surface area contributed by atoms with Crippen molar-refractivity contribution in [2.75, 3.05) is 5.32 Å². The number of nitrogens with zero attached hydrogens (tertiary/aromatic N) is 2. The van der Waals surface area contributed by atoms with Gasteiger partial charge in [0.25, 0.3) is 5.69 Å². The Bertz CT molecular complexity index is 1300. The third-order valence-corrected chi connectivity index (χ3v) is 5.49. The lowest BCUT2D eigenvalue weighted by molar-refractivity contribution is -0.384. The Kier molecular flexibility index (Phi) is 5.98. The lowest BCUT2D eigenvalue weighted by Crippen LogP contribution is -2.14. The molecule has 0 unspecified atom stereocenters. The van der Waals surface area contributed by atoms with E-state index in [1.807, 2.05) is 42.5 Å². The second-order valence-electron chi connectivity index (χ2n) is 7.87. The Morgan fingerprint density at radius 1 is 1.12 bits per heavy atom. The number of carbonyl (C=O) groups excluding carboxylic acids is 1. The van der Waals surface area contributed by atoms with Crippen LogP contribution < -0.4 is 5.32 Å². The molecule has 0 spiro atoms. The second kappa shape index (κ2) is 9.01. The predicted molar refractivity (Wildman–Crippen MR) is 126 cm³/mol. The van der Waals surface area contributed by atoms with Crippen molar-refractivity contribution in [2.45, 2.75) is 33.1 Å². The Labute approximate surface area is 185 Å². The van der Waals surface area contributed by atoms with Crippen molar-refractivity contribution >= 4 is 28.2 Å². The number of rotatable bonds is 7. The molecule has 0 saturated carbocycles. The van der Waals surface area contributed by atoms with E-state index in [0.717, 1.165) is 33.4 Å². The molecule has 1 amide bonds. The highest BCUT2D eigenvalue weighted by molar-refractivity contribution is 5.94. The third kappa shape index (κ3) is 4.37. The number of H-pyrrole nitrogens is 1. The molecular formula is C25H24N4O3. The van der Waals surface area contributed by atoms with Gasteiger partial charge in [0.1, 0.15) is 5.69 Å². The number of nitro groups is 1. The highest BCUT2D eigenvalue weighted by atomic mass is 16.6. The minimum atomic E-state index is -0.458. The van der Waals surface area contributed by atoms with Crippen LogP contribution in [0.4, 0.5) is 11.4 Å². The van der Waals surface area contributed by atoms with E-state index in [1.165, 1.54) is 6.07 Å². The van der Waals surface area contributed by atoms with E-state index in [2.05, 4.69) is 21.4 Å². The molecule has 2 aromatic carbocycles. The summed E-state index contributed by atoms with van der Waals surface area (Å²) < 4.78 is 0.